The van der Waals surface area contributed by atoms with Crippen molar-refractivity contribution in [2.24, 2.45) is 0 Å². The summed E-state index contributed by atoms with van der Waals surface area (Å²) in [7, 11) is 1.13. The fourth-order valence-electron chi connectivity index (χ4n) is 2.41. The van der Waals surface area contributed by atoms with Crippen LogP contribution in [-0.4, -0.2) is 30.4 Å². The minimum atomic E-state index is -0.500. The zero-order valence-electron chi connectivity index (χ0n) is 13.3. The summed E-state index contributed by atoms with van der Waals surface area (Å²) in [5, 5.41) is 0. The second-order valence-electron chi connectivity index (χ2n) is 6.39. The smallest absolute Gasteiger partial charge is 0.497 e. The van der Waals surface area contributed by atoms with Crippen LogP contribution in [0.4, 0.5) is 0 Å². The molecule has 6 heteroatoms. The van der Waals surface area contributed by atoms with Gasteiger partial charge in [0.15, 0.2) is 11.5 Å². The summed E-state index contributed by atoms with van der Waals surface area (Å²) >= 11 is 0. The zero-order valence-corrected chi connectivity index (χ0v) is 13.3. The minimum absolute atomic E-state index is 0.401. The topological polar surface area (TPSA) is 53.7 Å². The quantitative estimate of drug-likeness (QED) is 0.795. The molecule has 0 aliphatic carbocycles. The van der Waals surface area contributed by atoms with Gasteiger partial charge < -0.3 is 18.5 Å². The number of oxazole rings is 1. The predicted octanol–water partition coefficient (Wildman–Crippen LogP) is 2.44. The molecule has 1 aromatic carbocycles. The van der Waals surface area contributed by atoms with Gasteiger partial charge in [0.25, 0.3) is 0 Å². The van der Waals surface area contributed by atoms with Gasteiger partial charge in [-0.3, -0.25) is 0 Å². The van der Waals surface area contributed by atoms with Crippen molar-refractivity contribution in [2.45, 2.75) is 45.8 Å². The molecule has 1 aliphatic heterocycles. The Labute approximate surface area is 124 Å². The third-order valence-electron chi connectivity index (χ3n) is 4.34. The SMILES string of the molecule is COc1cc(B2OC(C)(C)C(C)(C)O2)c2oc(C)nc2c1. The number of nitrogens with zero attached hydrogens (tertiary/aromatic N) is 1. The molecule has 1 fully saturated rings. The van der Waals surface area contributed by atoms with E-state index in [4.69, 9.17) is 18.5 Å². The van der Waals surface area contributed by atoms with Gasteiger partial charge in [-0.05, 0) is 33.8 Å². The van der Waals surface area contributed by atoms with Crippen molar-refractivity contribution in [3.8, 4) is 5.75 Å². The van der Waals surface area contributed by atoms with E-state index in [0.29, 0.717) is 17.2 Å². The van der Waals surface area contributed by atoms with Crippen LogP contribution in [0.2, 0.25) is 0 Å². The molecule has 1 saturated heterocycles. The van der Waals surface area contributed by atoms with Gasteiger partial charge in [-0.1, -0.05) is 0 Å². The molecule has 5 nitrogen and oxygen atoms in total. The van der Waals surface area contributed by atoms with E-state index in [-0.39, 0.29) is 0 Å². The summed E-state index contributed by atoms with van der Waals surface area (Å²) in [6.45, 7) is 9.92. The predicted molar refractivity (Wildman–Crippen MR) is 81.0 cm³/mol. The summed E-state index contributed by atoms with van der Waals surface area (Å²) in [6, 6.07) is 3.73. The van der Waals surface area contributed by atoms with Crippen molar-refractivity contribution in [1.29, 1.82) is 0 Å². The van der Waals surface area contributed by atoms with Crippen LogP contribution < -0.4 is 10.2 Å². The molecule has 2 aromatic rings. The van der Waals surface area contributed by atoms with Crippen molar-refractivity contribution in [3.05, 3.63) is 18.0 Å². The molecule has 0 saturated carbocycles. The number of methoxy groups -OCH3 is 1. The molecule has 0 bridgehead atoms. The Balaban J connectivity index is 2.12. The maximum absolute atomic E-state index is 6.10. The number of rotatable bonds is 2. The molecule has 0 spiro atoms. The van der Waals surface area contributed by atoms with Crippen molar-refractivity contribution in [3.63, 3.8) is 0 Å². The van der Waals surface area contributed by atoms with Crippen molar-refractivity contribution in [2.75, 3.05) is 7.11 Å². The fourth-order valence-corrected chi connectivity index (χ4v) is 2.41. The molecule has 0 N–H and O–H groups in total. The highest BCUT2D eigenvalue weighted by Crippen LogP contribution is 2.37. The molecule has 0 radical (unpaired) electrons. The van der Waals surface area contributed by atoms with Gasteiger partial charge in [0.1, 0.15) is 11.3 Å². The molecule has 3 rings (SSSR count). The molecule has 0 unspecified atom stereocenters. The highest BCUT2D eigenvalue weighted by molar-refractivity contribution is 6.64. The average Bonchev–Trinajstić information content (AvgIpc) is 2.84. The summed E-state index contributed by atoms with van der Waals surface area (Å²) in [5.41, 5.74) is 1.44. The molecule has 1 aliphatic rings. The molecular formula is C15H20BNO4. The van der Waals surface area contributed by atoms with Crippen molar-refractivity contribution >= 4 is 23.7 Å². The first kappa shape index (κ1) is 14.4. The molecule has 0 atom stereocenters. The van der Waals surface area contributed by atoms with Gasteiger partial charge in [-0.25, -0.2) is 4.98 Å². The fraction of sp³-hybridized carbons (Fsp3) is 0.533. The van der Waals surface area contributed by atoms with E-state index in [1.165, 1.54) is 0 Å². The highest BCUT2D eigenvalue weighted by Gasteiger charge is 2.52. The molecular weight excluding hydrogens is 269 g/mol. The van der Waals surface area contributed by atoms with E-state index in [0.717, 1.165) is 11.0 Å². The standard InChI is InChI=1S/C15H20BNO4/c1-9-17-12-8-10(18-6)7-11(13(12)19-9)16-20-14(2,3)15(4,5)21-16/h7-8H,1-6H3. The third kappa shape index (κ3) is 2.22. The number of hydrogen-bond donors (Lipinski definition) is 0. The lowest BCUT2D eigenvalue weighted by molar-refractivity contribution is 0.00578. The van der Waals surface area contributed by atoms with E-state index in [1.807, 2.05) is 46.8 Å². The Kier molecular flexibility index (Phi) is 3.08. The average molecular weight is 289 g/mol. The van der Waals surface area contributed by atoms with E-state index >= 15 is 0 Å². The number of benzene rings is 1. The lowest BCUT2D eigenvalue weighted by Crippen LogP contribution is -2.41. The Morgan fingerprint density at radius 1 is 1.10 bits per heavy atom. The highest BCUT2D eigenvalue weighted by atomic mass is 16.7. The van der Waals surface area contributed by atoms with Crippen LogP contribution in [0, 0.1) is 6.92 Å². The van der Waals surface area contributed by atoms with Crippen LogP contribution in [0.1, 0.15) is 33.6 Å². The summed E-state index contributed by atoms with van der Waals surface area (Å²) in [4.78, 5) is 4.37. The number of fused-ring (bicyclic) bond motifs is 1. The molecule has 0 amide bonds. The summed E-state index contributed by atoms with van der Waals surface area (Å²) in [5.74, 6) is 1.32. The van der Waals surface area contributed by atoms with E-state index < -0.39 is 18.3 Å². The minimum Gasteiger partial charge on any atom is -0.497 e. The second-order valence-corrected chi connectivity index (χ2v) is 6.39. The van der Waals surface area contributed by atoms with Gasteiger partial charge in [0, 0.05) is 18.5 Å². The monoisotopic (exact) mass is 289 g/mol. The third-order valence-corrected chi connectivity index (χ3v) is 4.34. The van der Waals surface area contributed by atoms with Crippen molar-refractivity contribution < 1.29 is 18.5 Å². The van der Waals surface area contributed by atoms with Crippen LogP contribution in [0.3, 0.4) is 0 Å². The zero-order chi connectivity index (χ0) is 15.4. The van der Waals surface area contributed by atoms with E-state index in [9.17, 15) is 0 Å². The van der Waals surface area contributed by atoms with Crippen LogP contribution in [0.15, 0.2) is 16.5 Å². The first-order valence-electron chi connectivity index (χ1n) is 7.04. The van der Waals surface area contributed by atoms with E-state index in [1.54, 1.807) is 7.11 Å². The van der Waals surface area contributed by atoms with Crippen LogP contribution in [0.5, 0.6) is 5.75 Å². The van der Waals surface area contributed by atoms with Crippen LogP contribution in [0.25, 0.3) is 11.1 Å². The number of aryl methyl sites for hydroxylation is 1. The van der Waals surface area contributed by atoms with Gasteiger partial charge in [0.2, 0.25) is 0 Å². The first-order valence-corrected chi connectivity index (χ1v) is 7.04. The molecule has 2 heterocycles. The number of hydrogen-bond acceptors (Lipinski definition) is 5. The normalized spacial score (nSPS) is 20.2. The Bertz CT molecular complexity index is 676. The number of aromatic nitrogens is 1. The lowest BCUT2D eigenvalue weighted by atomic mass is 9.78. The van der Waals surface area contributed by atoms with Crippen molar-refractivity contribution in [1.82, 2.24) is 4.98 Å². The maximum Gasteiger partial charge on any atom is 0.498 e. The van der Waals surface area contributed by atoms with Gasteiger partial charge in [-0.2, -0.15) is 0 Å². The van der Waals surface area contributed by atoms with Gasteiger partial charge in [0.05, 0.1) is 18.3 Å². The van der Waals surface area contributed by atoms with E-state index in [2.05, 4.69) is 4.98 Å². The van der Waals surface area contributed by atoms with Crippen LogP contribution >= 0.6 is 0 Å². The van der Waals surface area contributed by atoms with Gasteiger partial charge in [-0.15, -0.1) is 0 Å². The Morgan fingerprint density at radius 3 is 2.29 bits per heavy atom. The largest absolute Gasteiger partial charge is 0.498 e. The maximum atomic E-state index is 6.10. The van der Waals surface area contributed by atoms with Crippen LogP contribution in [-0.2, 0) is 9.31 Å². The first-order chi connectivity index (χ1) is 9.73. The second kappa shape index (κ2) is 4.48. The summed E-state index contributed by atoms with van der Waals surface area (Å²) in [6.07, 6.45) is 0. The lowest BCUT2D eigenvalue weighted by Gasteiger charge is -2.32. The Morgan fingerprint density at radius 2 is 1.71 bits per heavy atom. The molecule has 1 aromatic heterocycles. The summed E-state index contributed by atoms with van der Waals surface area (Å²) < 4.78 is 23.3. The Hall–Kier alpha value is -1.53. The number of ether oxygens (including phenoxy) is 1. The molecule has 21 heavy (non-hydrogen) atoms. The van der Waals surface area contributed by atoms with Gasteiger partial charge >= 0.3 is 7.12 Å². The molecule has 112 valence electrons.